The summed E-state index contributed by atoms with van der Waals surface area (Å²) in [6, 6.07) is 12.8. The molecule has 7 heteroatoms. The fourth-order valence-electron chi connectivity index (χ4n) is 2.15. The molecule has 0 aliphatic heterocycles. The third-order valence-corrected chi connectivity index (χ3v) is 5.41. The van der Waals surface area contributed by atoms with Crippen LogP contribution in [0.2, 0.25) is 5.02 Å². The van der Waals surface area contributed by atoms with Crippen LogP contribution in [0.3, 0.4) is 0 Å². The lowest BCUT2D eigenvalue weighted by Crippen LogP contribution is -2.27. The van der Waals surface area contributed by atoms with Gasteiger partial charge in [-0.15, -0.1) is 0 Å². The van der Waals surface area contributed by atoms with Gasteiger partial charge in [0, 0.05) is 18.0 Å². The Morgan fingerprint density at radius 2 is 1.88 bits per heavy atom. The SMILES string of the molecule is O=C(CCS(=O)(=O)c1cccc(Cl)c1)NCCc1ccccc1O. The standard InChI is InChI=1S/C17H18ClNO4S/c18-14-5-3-6-15(12-14)24(22,23)11-9-17(21)19-10-8-13-4-1-2-7-16(13)20/h1-7,12,20H,8-11H2,(H,19,21). The summed E-state index contributed by atoms with van der Waals surface area (Å²) in [5.41, 5.74) is 0.726. The molecular formula is C17H18ClNO4S. The second kappa shape index (κ2) is 8.17. The van der Waals surface area contributed by atoms with Gasteiger partial charge in [-0.1, -0.05) is 35.9 Å². The van der Waals surface area contributed by atoms with Crippen LogP contribution in [0.15, 0.2) is 53.4 Å². The van der Waals surface area contributed by atoms with E-state index in [2.05, 4.69) is 5.32 Å². The Bertz CT molecular complexity index is 821. The van der Waals surface area contributed by atoms with Crippen molar-refractivity contribution < 1.29 is 18.3 Å². The van der Waals surface area contributed by atoms with Gasteiger partial charge in [-0.2, -0.15) is 0 Å². The Morgan fingerprint density at radius 1 is 1.12 bits per heavy atom. The fourth-order valence-corrected chi connectivity index (χ4v) is 3.69. The molecule has 0 heterocycles. The maximum Gasteiger partial charge on any atom is 0.221 e. The highest BCUT2D eigenvalue weighted by Crippen LogP contribution is 2.17. The van der Waals surface area contributed by atoms with Gasteiger partial charge in [0.05, 0.1) is 10.6 Å². The summed E-state index contributed by atoms with van der Waals surface area (Å²) in [4.78, 5) is 11.9. The van der Waals surface area contributed by atoms with Gasteiger partial charge in [-0.3, -0.25) is 4.79 Å². The molecule has 2 aromatic rings. The highest BCUT2D eigenvalue weighted by molar-refractivity contribution is 7.91. The van der Waals surface area contributed by atoms with Crippen molar-refractivity contribution in [2.75, 3.05) is 12.3 Å². The summed E-state index contributed by atoms with van der Waals surface area (Å²) in [7, 11) is -3.55. The van der Waals surface area contributed by atoms with E-state index >= 15 is 0 Å². The Hall–Kier alpha value is -2.05. The number of nitrogens with one attached hydrogen (secondary N) is 1. The molecule has 0 bridgehead atoms. The highest BCUT2D eigenvalue weighted by Gasteiger charge is 2.16. The molecule has 0 fully saturated rings. The van der Waals surface area contributed by atoms with Crippen LogP contribution < -0.4 is 5.32 Å². The van der Waals surface area contributed by atoms with E-state index in [4.69, 9.17) is 11.6 Å². The number of rotatable bonds is 7. The zero-order valence-corrected chi connectivity index (χ0v) is 14.5. The monoisotopic (exact) mass is 367 g/mol. The Morgan fingerprint density at radius 3 is 2.58 bits per heavy atom. The Balaban J connectivity index is 1.82. The smallest absolute Gasteiger partial charge is 0.221 e. The lowest BCUT2D eigenvalue weighted by molar-refractivity contribution is -0.120. The number of aromatic hydroxyl groups is 1. The van der Waals surface area contributed by atoms with Crippen LogP contribution in [0.5, 0.6) is 5.75 Å². The molecule has 2 rings (SSSR count). The van der Waals surface area contributed by atoms with Gasteiger partial charge in [0.1, 0.15) is 5.75 Å². The zero-order valence-electron chi connectivity index (χ0n) is 12.9. The molecule has 0 aliphatic carbocycles. The number of amides is 1. The molecule has 0 unspecified atom stereocenters. The molecule has 1 amide bonds. The molecule has 0 saturated heterocycles. The summed E-state index contributed by atoms with van der Waals surface area (Å²) in [5, 5.41) is 12.6. The topological polar surface area (TPSA) is 83.5 Å². The van der Waals surface area contributed by atoms with Crippen LogP contribution in [-0.4, -0.2) is 31.7 Å². The molecule has 0 saturated carbocycles. The largest absolute Gasteiger partial charge is 0.508 e. The maximum absolute atomic E-state index is 12.2. The summed E-state index contributed by atoms with van der Waals surface area (Å²) in [5.74, 6) is -0.457. The molecular weight excluding hydrogens is 350 g/mol. The number of phenolic OH excluding ortho intramolecular Hbond substituents is 1. The zero-order chi connectivity index (χ0) is 17.6. The molecule has 0 aromatic heterocycles. The first-order valence-electron chi connectivity index (χ1n) is 7.40. The lowest BCUT2D eigenvalue weighted by Gasteiger charge is -2.07. The minimum atomic E-state index is -3.55. The minimum absolute atomic E-state index is 0.108. The molecule has 24 heavy (non-hydrogen) atoms. The van der Waals surface area contributed by atoms with E-state index in [-0.39, 0.29) is 28.7 Å². The third-order valence-electron chi connectivity index (χ3n) is 3.46. The van der Waals surface area contributed by atoms with Crippen molar-refractivity contribution in [2.45, 2.75) is 17.7 Å². The first-order valence-corrected chi connectivity index (χ1v) is 9.43. The van der Waals surface area contributed by atoms with Crippen LogP contribution in [0.4, 0.5) is 0 Å². The van der Waals surface area contributed by atoms with Crippen molar-refractivity contribution in [3.05, 3.63) is 59.1 Å². The van der Waals surface area contributed by atoms with Gasteiger partial charge < -0.3 is 10.4 Å². The van der Waals surface area contributed by atoms with Crippen LogP contribution in [-0.2, 0) is 21.1 Å². The average molecular weight is 368 g/mol. The van der Waals surface area contributed by atoms with Crippen molar-refractivity contribution in [2.24, 2.45) is 0 Å². The normalized spacial score (nSPS) is 11.2. The van der Waals surface area contributed by atoms with Gasteiger partial charge in [-0.25, -0.2) is 8.42 Å². The van der Waals surface area contributed by atoms with Gasteiger partial charge in [-0.05, 0) is 36.2 Å². The van der Waals surface area contributed by atoms with E-state index in [0.717, 1.165) is 5.56 Å². The molecule has 2 aromatic carbocycles. The quantitative estimate of drug-likeness (QED) is 0.787. The predicted molar refractivity (Wildman–Crippen MR) is 92.9 cm³/mol. The maximum atomic E-state index is 12.2. The summed E-state index contributed by atoms with van der Waals surface area (Å²) < 4.78 is 24.3. The second-order valence-electron chi connectivity index (χ2n) is 5.25. The predicted octanol–water partition coefficient (Wildman–Crippen LogP) is 2.57. The van der Waals surface area contributed by atoms with Crippen molar-refractivity contribution >= 4 is 27.3 Å². The van der Waals surface area contributed by atoms with Crippen molar-refractivity contribution in [3.63, 3.8) is 0 Å². The van der Waals surface area contributed by atoms with E-state index in [1.54, 1.807) is 36.4 Å². The van der Waals surface area contributed by atoms with E-state index in [0.29, 0.717) is 18.0 Å². The number of para-hydroxylation sites is 1. The van der Waals surface area contributed by atoms with E-state index in [1.165, 1.54) is 12.1 Å². The third kappa shape index (κ3) is 5.25. The number of sulfone groups is 1. The molecule has 0 atom stereocenters. The van der Waals surface area contributed by atoms with Crippen LogP contribution in [0, 0.1) is 0 Å². The van der Waals surface area contributed by atoms with Crippen LogP contribution in [0.1, 0.15) is 12.0 Å². The minimum Gasteiger partial charge on any atom is -0.508 e. The highest BCUT2D eigenvalue weighted by atomic mass is 35.5. The van der Waals surface area contributed by atoms with E-state index in [1.807, 2.05) is 0 Å². The van der Waals surface area contributed by atoms with E-state index < -0.39 is 9.84 Å². The first kappa shape index (κ1) is 18.3. The van der Waals surface area contributed by atoms with Gasteiger partial charge >= 0.3 is 0 Å². The van der Waals surface area contributed by atoms with Crippen molar-refractivity contribution in [1.29, 1.82) is 0 Å². The Labute approximate surface area is 146 Å². The summed E-state index contributed by atoms with van der Waals surface area (Å²) in [6.07, 6.45) is 0.342. The number of benzene rings is 2. The molecule has 128 valence electrons. The fraction of sp³-hybridized carbons (Fsp3) is 0.235. The molecule has 0 spiro atoms. The average Bonchev–Trinajstić information content (AvgIpc) is 2.55. The molecule has 0 radical (unpaired) electrons. The molecule has 5 nitrogen and oxygen atoms in total. The number of phenols is 1. The summed E-state index contributed by atoms with van der Waals surface area (Å²) in [6.45, 7) is 0.327. The second-order valence-corrected chi connectivity index (χ2v) is 7.80. The van der Waals surface area contributed by atoms with Crippen molar-refractivity contribution in [3.8, 4) is 5.75 Å². The first-order chi connectivity index (χ1) is 11.4. The lowest BCUT2D eigenvalue weighted by atomic mass is 10.1. The number of hydrogen-bond donors (Lipinski definition) is 2. The molecule has 0 aliphatic rings. The van der Waals surface area contributed by atoms with Crippen LogP contribution >= 0.6 is 11.6 Å². The molecule has 2 N–H and O–H groups in total. The van der Waals surface area contributed by atoms with Crippen molar-refractivity contribution in [1.82, 2.24) is 5.32 Å². The number of carbonyl (C=O) groups excluding carboxylic acids is 1. The van der Waals surface area contributed by atoms with Gasteiger partial charge in [0.25, 0.3) is 0 Å². The Kier molecular flexibility index (Phi) is 6.23. The number of halogens is 1. The van der Waals surface area contributed by atoms with E-state index in [9.17, 15) is 18.3 Å². The van der Waals surface area contributed by atoms with Gasteiger partial charge in [0.2, 0.25) is 5.91 Å². The number of hydrogen-bond acceptors (Lipinski definition) is 4. The summed E-state index contributed by atoms with van der Waals surface area (Å²) >= 11 is 5.79. The number of carbonyl (C=O) groups is 1. The van der Waals surface area contributed by atoms with Gasteiger partial charge in [0.15, 0.2) is 9.84 Å². The van der Waals surface area contributed by atoms with Crippen LogP contribution in [0.25, 0.3) is 0 Å².